The SMILES string of the molecule is C[C@H](NC(=O)CCCOc1ccccc1)[C@@H]1C[C@@H]2CC[C@@H]1C2. The van der Waals surface area contributed by atoms with Crippen molar-refractivity contribution in [2.75, 3.05) is 6.61 Å². The number of amides is 1. The average Bonchev–Trinajstić information content (AvgIpc) is 3.15. The number of fused-ring (bicyclic) bond motifs is 2. The minimum absolute atomic E-state index is 0.173. The Morgan fingerprint density at radius 3 is 2.77 bits per heavy atom. The zero-order valence-electron chi connectivity index (χ0n) is 13.5. The molecule has 2 aliphatic carbocycles. The second-order valence-corrected chi connectivity index (χ2v) is 6.96. The van der Waals surface area contributed by atoms with Gasteiger partial charge in [-0.15, -0.1) is 0 Å². The molecule has 0 radical (unpaired) electrons. The second-order valence-electron chi connectivity index (χ2n) is 6.96. The lowest BCUT2D eigenvalue weighted by molar-refractivity contribution is -0.122. The number of hydrogen-bond acceptors (Lipinski definition) is 2. The zero-order valence-corrected chi connectivity index (χ0v) is 13.5. The number of ether oxygens (including phenoxy) is 1. The smallest absolute Gasteiger partial charge is 0.220 e. The molecular formula is C19H27NO2. The van der Waals surface area contributed by atoms with E-state index in [9.17, 15) is 4.79 Å². The van der Waals surface area contributed by atoms with Gasteiger partial charge >= 0.3 is 0 Å². The third-order valence-corrected chi connectivity index (χ3v) is 5.38. The number of hydrogen-bond donors (Lipinski definition) is 1. The molecule has 1 aromatic rings. The highest BCUT2D eigenvalue weighted by molar-refractivity contribution is 5.76. The van der Waals surface area contributed by atoms with Gasteiger partial charge in [-0.05, 0) is 62.5 Å². The van der Waals surface area contributed by atoms with E-state index in [1.165, 1.54) is 25.7 Å². The third kappa shape index (κ3) is 3.82. The molecule has 2 fully saturated rings. The maximum Gasteiger partial charge on any atom is 0.220 e. The molecule has 3 nitrogen and oxygen atoms in total. The van der Waals surface area contributed by atoms with E-state index in [0.717, 1.165) is 24.0 Å². The summed E-state index contributed by atoms with van der Waals surface area (Å²) in [4.78, 5) is 12.1. The van der Waals surface area contributed by atoms with Gasteiger partial charge in [-0.2, -0.15) is 0 Å². The largest absolute Gasteiger partial charge is 0.494 e. The summed E-state index contributed by atoms with van der Waals surface area (Å²) < 4.78 is 5.62. The Labute approximate surface area is 133 Å². The maximum absolute atomic E-state index is 12.1. The van der Waals surface area contributed by atoms with Gasteiger partial charge in [-0.3, -0.25) is 4.79 Å². The highest BCUT2D eigenvalue weighted by Crippen LogP contribution is 2.49. The van der Waals surface area contributed by atoms with Crippen LogP contribution in [-0.4, -0.2) is 18.6 Å². The van der Waals surface area contributed by atoms with Crippen LogP contribution in [0.2, 0.25) is 0 Å². The van der Waals surface area contributed by atoms with Crippen LogP contribution < -0.4 is 10.1 Å². The van der Waals surface area contributed by atoms with Crippen LogP contribution in [0.4, 0.5) is 0 Å². The van der Waals surface area contributed by atoms with Crippen molar-refractivity contribution in [3.05, 3.63) is 30.3 Å². The van der Waals surface area contributed by atoms with E-state index in [2.05, 4.69) is 12.2 Å². The summed E-state index contributed by atoms with van der Waals surface area (Å²) >= 11 is 0. The number of para-hydroxylation sites is 1. The molecule has 120 valence electrons. The molecule has 2 aliphatic rings. The fourth-order valence-electron chi connectivity index (χ4n) is 4.28. The van der Waals surface area contributed by atoms with Crippen LogP contribution in [0.1, 0.15) is 45.4 Å². The van der Waals surface area contributed by atoms with Gasteiger partial charge in [-0.1, -0.05) is 24.6 Å². The highest BCUT2D eigenvalue weighted by atomic mass is 16.5. The number of nitrogens with one attached hydrogen (secondary N) is 1. The van der Waals surface area contributed by atoms with Gasteiger partial charge in [0.15, 0.2) is 0 Å². The van der Waals surface area contributed by atoms with Crippen molar-refractivity contribution in [3.63, 3.8) is 0 Å². The minimum Gasteiger partial charge on any atom is -0.494 e. The average molecular weight is 301 g/mol. The van der Waals surface area contributed by atoms with Crippen molar-refractivity contribution < 1.29 is 9.53 Å². The van der Waals surface area contributed by atoms with Crippen LogP contribution in [-0.2, 0) is 4.79 Å². The first-order valence-corrected chi connectivity index (χ1v) is 8.69. The molecule has 0 unspecified atom stereocenters. The Morgan fingerprint density at radius 1 is 1.27 bits per heavy atom. The van der Waals surface area contributed by atoms with Crippen molar-refractivity contribution in [2.24, 2.45) is 17.8 Å². The normalized spacial score (nSPS) is 27.6. The number of rotatable bonds is 7. The van der Waals surface area contributed by atoms with E-state index in [1.807, 2.05) is 30.3 Å². The summed E-state index contributed by atoms with van der Waals surface area (Å²) in [6.07, 6.45) is 6.83. The van der Waals surface area contributed by atoms with Gasteiger partial charge in [0.1, 0.15) is 5.75 Å². The molecule has 0 saturated heterocycles. The van der Waals surface area contributed by atoms with Crippen molar-refractivity contribution in [3.8, 4) is 5.75 Å². The van der Waals surface area contributed by atoms with E-state index < -0.39 is 0 Å². The summed E-state index contributed by atoms with van der Waals surface area (Å²) in [7, 11) is 0. The summed E-state index contributed by atoms with van der Waals surface area (Å²) in [5.74, 6) is 3.56. The first-order chi connectivity index (χ1) is 10.7. The molecule has 2 saturated carbocycles. The Hall–Kier alpha value is -1.51. The quantitative estimate of drug-likeness (QED) is 0.778. The Morgan fingerprint density at radius 2 is 2.09 bits per heavy atom. The molecule has 1 N–H and O–H groups in total. The van der Waals surface area contributed by atoms with Crippen LogP contribution in [0.25, 0.3) is 0 Å². The predicted molar refractivity (Wildman–Crippen MR) is 87.7 cm³/mol. The van der Waals surface area contributed by atoms with Crippen LogP contribution in [0.5, 0.6) is 5.75 Å². The molecule has 0 aliphatic heterocycles. The van der Waals surface area contributed by atoms with Gasteiger partial charge in [0, 0.05) is 12.5 Å². The summed E-state index contributed by atoms with van der Waals surface area (Å²) in [5.41, 5.74) is 0. The Balaban J connectivity index is 1.32. The predicted octanol–water partition coefficient (Wildman–Crippen LogP) is 3.79. The molecular weight excluding hydrogens is 274 g/mol. The Bertz CT molecular complexity index is 487. The minimum atomic E-state index is 0.173. The van der Waals surface area contributed by atoms with Gasteiger partial charge in [0.2, 0.25) is 5.91 Å². The molecule has 1 amide bonds. The van der Waals surface area contributed by atoms with Crippen LogP contribution in [0.15, 0.2) is 30.3 Å². The molecule has 0 spiro atoms. The lowest BCUT2D eigenvalue weighted by atomic mass is 9.84. The van der Waals surface area contributed by atoms with Crippen LogP contribution in [0, 0.1) is 17.8 Å². The van der Waals surface area contributed by atoms with Gasteiger partial charge in [0.05, 0.1) is 6.61 Å². The maximum atomic E-state index is 12.1. The van der Waals surface area contributed by atoms with Crippen molar-refractivity contribution >= 4 is 5.91 Å². The number of benzene rings is 1. The topological polar surface area (TPSA) is 38.3 Å². The standard InChI is InChI=1S/C19H27NO2/c1-14(18-13-15-9-10-16(18)12-15)20-19(21)8-5-11-22-17-6-3-2-4-7-17/h2-4,6-7,14-16,18H,5,8-13H2,1H3,(H,20,21)/t14-,15+,16+,18-/m0/s1. The summed E-state index contributed by atoms with van der Waals surface area (Å²) in [6.45, 7) is 2.78. The molecule has 0 heterocycles. The zero-order chi connectivity index (χ0) is 15.4. The lowest BCUT2D eigenvalue weighted by Gasteiger charge is -2.28. The molecule has 22 heavy (non-hydrogen) atoms. The lowest BCUT2D eigenvalue weighted by Crippen LogP contribution is -2.40. The molecule has 3 rings (SSSR count). The van der Waals surface area contributed by atoms with Crippen molar-refractivity contribution in [2.45, 2.75) is 51.5 Å². The summed E-state index contributed by atoms with van der Waals surface area (Å²) in [6, 6.07) is 10.1. The van der Waals surface area contributed by atoms with Crippen LogP contribution >= 0.6 is 0 Å². The van der Waals surface area contributed by atoms with E-state index in [0.29, 0.717) is 25.0 Å². The highest BCUT2D eigenvalue weighted by Gasteiger charge is 2.41. The van der Waals surface area contributed by atoms with Gasteiger partial charge in [-0.25, -0.2) is 0 Å². The second kappa shape index (κ2) is 7.17. The van der Waals surface area contributed by atoms with E-state index >= 15 is 0 Å². The van der Waals surface area contributed by atoms with E-state index in [4.69, 9.17) is 4.74 Å². The van der Waals surface area contributed by atoms with Gasteiger partial charge in [0.25, 0.3) is 0 Å². The number of carbonyl (C=O) groups excluding carboxylic acids is 1. The van der Waals surface area contributed by atoms with Crippen molar-refractivity contribution in [1.29, 1.82) is 0 Å². The molecule has 4 atom stereocenters. The van der Waals surface area contributed by atoms with E-state index in [-0.39, 0.29) is 5.91 Å². The summed E-state index contributed by atoms with van der Waals surface area (Å²) in [5, 5.41) is 3.21. The first kappa shape index (κ1) is 15.4. The fourth-order valence-corrected chi connectivity index (χ4v) is 4.28. The monoisotopic (exact) mass is 301 g/mol. The third-order valence-electron chi connectivity index (χ3n) is 5.38. The molecule has 3 heteroatoms. The Kier molecular flexibility index (Phi) is 5.01. The van der Waals surface area contributed by atoms with E-state index in [1.54, 1.807) is 0 Å². The van der Waals surface area contributed by atoms with Gasteiger partial charge < -0.3 is 10.1 Å². The van der Waals surface area contributed by atoms with Crippen molar-refractivity contribution in [1.82, 2.24) is 5.32 Å². The molecule has 0 aromatic heterocycles. The fraction of sp³-hybridized carbons (Fsp3) is 0.632. The molecule has 2 bridgehead atoms. The molecule has 1 aromatic carbocycles. The van der Waals surface area contributed by atoms with Crippen LogP contribution in [0.3, 0.4) is 0 Å². The first-order valence-electron chi connectivity index (χ1n) is 8.69. The number of carbonyl (C=O) groups is 1.